The molecule has 2 aliphatic rings. The van der Waals surface area contributed by atoms with Crippen molar-refractivity contribution in [1.82, 2.24) is 0 Å². The molecular weight excluding hydrogens is 122 g/mol. The van der Waals surface area contributed by atoms with Crippen LogP contribution < -0.4 is 5.73 Å². The van der Waals surface area contributed by atoms with E-state index in [0.29, 0.717) is 0 Å². The number of rotatable bonds is 1. The molecule has 1 nitrogen and oxygen atoms in total. The second kappa shape index (κ2) is 1.88. The average Bonchev–Trinajstić information content (AvgIpc) is 2.60. The largest absolute Gasteiger partial charge is 0.399 e. The van der Waals surface area contributed by atoms with Gasteiger partial charge in [0.2, 0.25) is 0 Å². The topological polar surface area (TPSA) is 26.0 Å². The minimum absolute atomic E-state index is 0.787. The van der Waals surface area contributed by atoms with Crippen LogP contribution in [-0.2, 0) is 0 Å². The molecule has 0 radical (unpaired) electrons. The summed E-state index contributed by atoms with van der Waals surface area (Å²) in [5.74, 6) is 2.52. The zero-order chi connectivity index (χ0) is 7.14. The molecule has 54 valence electrons. The van der Waals surface area contributed by atoms with E-state index in [0.717, 1.165) is 23.5 Å². The molecule has 10 heavy (non-hydrogen) atoms. The lowest BCUT2D eigenvalue weighted by molar-refractivity contribution is 0.737. The van der Waals surface area contributed by atoms with E-state index in [-0.39, 0.29) is 0 Å². The molecule has 0 aromatic heterocycles. The molecule has 0 aromatic rings. The Morgan fingerprint density at radius 1 is 1.50 bits per heavy atom. The Hall–Kier alpha value is -0.720. The van der Waals surface area contributed by atoms with Crippen molar-refractivity contribution in [3.8, 4) is 0 Å². The first-order valence-corrected chi connectivity index (χ1v) is 3.98. The van der Waals surface area contributed by atoms with Gasteiger partial charge >= 0.3 is 0 Å². The molecule has 0 spiro atoms. The molecule has 0 amide bonds. The number of nitrogens with two attached hydrogens (primary N) is 1. The molecule has 0 bridgehead atoms. The van der Waals surface area contributed by atoms with Crippen molar-refractivity contribution in [2.45, 2.75) is 13.3 Å². The van der Waals surface area contributed by atoms with E-state index in [9.17, 15) is 0 Å². The zero-order valence-electron chi connectivity index (χ0n) is 6.25. The van der Waals surface area contributed by atoms with Gasteiger partial charge in [-0.3, -0.25) is 0 Å². The van der Waals surface area contributed by atoms with Gasteiger partial charge < -0.3 is 5.73 Å². The second-order valence-electron chi connectivity index (χ2n) is 3.25. The number of hydrogen-bond donors (Lipinski definition) is 1. The Bertz CT molecular complexity index is 203. The molecule has 0 aromatic carbocycles. The first-order valence-electron chi connectivity index (χ1n) is 3.98. The van der Waals surface area contributed by atoms with E-state index in [1.165, 1.54) is 6.42 Å². The third kappa shape index (κ3) is 0.698. The van der Waals surface area contributed by atoms with E-state index in [2.05, 4.69) is 19.1 Å². The van der Waals surface area contributed by atoms with Gasteiger partial charge in [0.15, 0.2) is 0 Å². The third-order valence-corrected chi connectivity index (χ3v) is 2.66. The summed E-state index contributed by atoms with van der Waals surface area (Å²) in [7, 11) is 0. The molecular formula is C9H13N. The highest BCUT2D eigenvalue weighted by molar-refractivity contribution is 5.30. The highest BCUT2D eigenvalue weighted by Gasteiger charge is 2.46. The smallest absolute Gasteiger partial charge is 0.0273 e. The van der Waals surface area contributed by atoms with Crippen LogP contribution in [0.3, 0.4) is 0 Å². The van der Waals surface area contributed by atoms with E-state index >= 15 is 0 Å². The van der Waals surface area contributed by atoms with E-state index in [4.69, 9.17) is 5.73 Å². The fourth-order valence-corrected chi connectivity index (χ4v) is 1.98. The van der Waals surface area contributed by atoms with E-state index < -0.39 is 0 Å². The van der Waals surface area contributed by atoms with Crippen molar-refractivity contribution in [2.24, 2.45) is 23.5 Å². The number of allylic oxidation sites excluding steroid dienone is 3. The van der Waals surface area contributed by atoms with Gasteiger partial charge in [0.1, 0.15) is 0 Å². The Kier molecular flexibility index (Phi) is 1.13. The summed E-state index contributed by atoms with van der Waals surface area (Å²) >= 11 is 0. The molecule has 2 rings (SSSR count). The predicted molar refractivity (Wildman–Crippen MR) is 42.2 cm³/mol. The van der Waals surface area contributed by atoms with Crippen LogP contribution >= 0.6 is 0 Å². The Morgan fingerprint density at radius 2 is 2.30 bits per heavy atom. The lowest BCUT2D eigenvalue weighted by Gasteiger charge is -1.96. The summed E-state index contributed by atoms with van der Waals surface area (Å²) in [6.45, 7) is 2.25. The maximum atomic E-state index is 5.64. The van der Waals surface area contributed by atoms with Crippen molar-refractivity contribution in [2.75, 3.05) is 0 Å². The van der Waals surface area contributed by atoms with Gasteiger partial charge in [-0.2, -0.15) is 0 Å². The van der Waals surface area contributed by atoms with Crippen molar-refractivity contribution >= 4 is 0 Å². The summed E-state index contributed by atoms with van der Waals surface area (Å²) in [5.41, 5.74) is 6.60. The minimum atomic E-state index is 0.787. The minimum Gasteiger partial charge on any atom is -0.399 e. The first kappa shape index (κ1) is 6.02. The SMILES string of the molecule is CCC1C2C=C(N)C=C[C@H]21. The quantitative estimate of drug-likeness (QED) is 0.581. The lowest BCUT2D eigenvalue weighted by Crippen LogP contribution is -1.96. The Morgan fingerprint density at radius 3 is 2.90 bits per heavy atom. The lowest BCUT2D eigenvalue weighted by atomic mass is 10.2. The molecule has 0 saturated heterocycles. The number of hydrogen-bond acceptors (Lipinski definition) is 1. The molecule has 2 aliphatic carbocycles. The Balaban J connectivity index is 2.13. The van der Waals surface area contributed by atoms with Crippen LogP contribution in [0.1, 0.15) is 13.3 Å². The molecule has 1 saturated carbocycles. The fourth-order valence-electron chi connectivity index (χ4n) is 1.98. The van der Waals surface area contributed by atoms with Crippen molar-refractivity contribution < 1.29 is 0 Å². The average molecular weight is 135 g/mol. The van der Waals surface area contributed by atoms with Gasteiger partial charge in [-0.1, -0.05) is 25.5 Å². The standard InChI is InChI=1S/C9H13N/c1-2-7-8-4-3-6(10)5-9(7)8/h3-5,7-9H,2,10H2,1H3/t7?,8-,9?/m0/s1. The summed E-state index contributed by atoms with van der Waals surface area (Å²) in [4.78, 5) is 0. The van der Waals surface area contributed by atoms with Crippen molar-refractivity contribution in [3.05, 3.63) is 23.9 Å². The van der Waals surface area contributed by atoms with Crippen LogP contribution in [0.2, 0.25) is 0 Å². The molecule has 1 fully saturated rings. The second-order valence-corrected chi connectivity index (χ2v) is 3.25. The van der Waals surface area contributed by atoms with Crippen LogP contribution in [0.5, 0.6) is 0 Å². The van der Waals surface area contributed by atoms with Gasteiger partial charge in [0, 0.05) is 5.70 Å². The van der Waals surface area contributed by atoms with Gasteiger partial charge in [-0.25, -0.2) is 0 Å². The first-order chi connectivity index (χ1) is 4.83. The Labute approximate surface area is 61.6 Å². The molecule has 1 heteroatoms. The maximum absolute atomic E-state index is 5.64. The normalized spacial score (nSPS) is 42.5. The van der Waals surface area contributed by atoms with Crippen LogP contribution in [0.25, 0.3) is 0 Å². The molecule has 2 N–H and O–H groups in total. The maximum Gasteiger partial charge on any atom is 0.0273 e. The zero-order valence-corrected chi connectivity index (χ0v) is 6.25. The predicted octanol–water partition coefficient (Wildman–Crippen LogP) is 1.67. The molecule has 2 unspecified atom stereocenters. The fraction of sp³-hybridized carbons (Fsp3) is 0.556. The monoisotopic (exact) mass is 135 g/mol. The number of fused-ring (bicyclic) bond motifs is 1. The van der Waals surface area contributed by atoms with E-state index in [1.807, 2.05) is 6.08 Å². The highest BCUT2D eigenvalue weighted by Crippen LogP contribution is 2.52. The third-order valence-electron chi connectivity index (χ3n) is 2.66. The van der Waals surface area contributed by atoms with Gasteiger partial charge in [0.05, 0.1) is 0 Å². The van der Waals surface area contributed by atoms with Crippen LogP contribution in [-0.4, -0.2) is 0 Å². The van der Waals surface area contributed by atoms with Gasteiger partial charge in [-0.05, 0) is 23.8 Å². The summed E-state index contributed by atoms with van der Waals surface area (Å²) in [6, 6.07) is 0. The van der Waals surface area contributed by atoms with Crippen LogP contribution in [0.15, 0.2) is 23.9 Å². The van der Waals surface area contributed by atoms with Gasteiger partial charge in [-0.15, -0.1) is 0 Å². The summed E-state index contributed by atoms with van der Waals surface area (Å²) < 4.78 is 0. The molecule has 0 aliphatic heterocycles. The summed E-state index contributed by atoms with van der Waals surface area (Å²) in [6.07, 6.45) is 7.80. The summed E-state index contributed by atoms with van der Waals surface area (Å²) in [5, 5.41) is 0. The highest BCUT2D eigenvalue weighted by atomic mass is 14.6. The molecule has 0 heterocycles. The van der Waals surface area contributed by atoms with Crippen molar-refractivity contribution in [3.63, 3.8) is 0 Å². The van der Waals surface area contributed by atoms with E-state index in [1.54, 1.807) is 0 Å². The van der Waals surface area contributed by atoms with Crippen molar-refractivity contribution in [1.29, 1.82) is 0 Å². The molecule has 3 atom stereocenters. The van der Waals surface area contributed by atoms with Gasteiger partial charge in [0.25, 0.3) is 0 Å². The van der Waals surface area contributed by atoms with Crippen LogP contribution in [0, 0.1) is 17.8 Å². The van der Waals surface area contributed by atoms with Crippen LogP contribution in [0.4, 0.5) is 0 Å².